The highest BCUT2D eigenvalue weighted by molar-refractivity contribution is 7.12. The van der Waals surface area contributed by atoms with Crippen molar-refractivity contribution in [3.05, 3.63) is 70.9 Å². The number of piperidine rings is 1. The minimum absolute atomic E-state index is 0.0173. The van der Waals surface area contributed by atoms with Gasteiger partial charge < -0.3 is 14.8 Å². The van der Waals surface area contributed by atoms with Crippen LogP contribution in [-0.4, -0.2) is 39.4 Å². The van der Waals surface area contributed by atoms with Crippen LogP contribution in [0.25, 0.3) is 22.4 Å². The summed E-state index contributed by atoms with van der Waals surface area (Å²) in [5.74, 6) is 0.897. The van der Waals surface area contributed by atoms with E-state index in [2.05, 4.69) is 16.0 Å². The Morgan fingerprint density at radius 3 is 2.44 bits per heavy atom. The molecule has 1 aliphatic rings. The Morgan fingerprint density at radius 2 is 1.75 bits per heavy atom. The van der Waals surface area contributed by atoms with E-state index in [0.29, 0.717) is 25.9 Å². The number of nitrogens with one attached hydrogen (secondary N) is 1. The van der Waals surface area contributed by atoms with Gasteiger partial charge in [0, 0.05) is 37.3 Å². The summed E-state index contributed by atoms with van der Waals surface area (Å²) in [5.41, 5.74) is 3.83. The van der Waals surface area contributed by atoms with E-state index in [1.165, 1.54) is 11.3 Å². The molecule has 6 nitrogen and oxygen atoms in total. The summed E-state index contributed by atoms with van der Waals surface area (Å²) in [5, 5.41) is 4.95. The highest BCUT2D eigenvalue weighted by Gasteiger charge is 2.28. The Balaban J connectivity index is 1.21. The van der Waals surface area contributed by atoms with Crippen LogP contribution in [0, 0.1) is 5.92 Å². The van der Waals surface area contributed by atoms with E-state index in [-0.39, 0.29) is 17.7 Å². The molecule has 0 saturated carbocycles. The van der Waals surface area contributed by atoms with E-state index in [1.54, 1.807) is 0 Å². The Morgan fingerprint density at radius 1 is 1.00 bits per heavy atom. The Labute approximate surface area is 190 Å². The zero-order valence-corrected chi connectivity index (χ0v) is 18.6. The quantitative estimate of drug-likeness (QED) is 0.492. The molecular weight excluding hydrogens is 420 g/mol. The number of fused-ring (bicyclic) bond motifs is 1. The highest BCUT2D eigenvalue weighted by Crippen LogP contribution is 2.26. The second-order valence-corrected chi connectivity index (χ2v) is 9.04. The van der Waals surface area contributed by atoms with Crippen molar-refractivity contribution >= 4 is 39.9 Å². The van der Waals surface area contributed by atoms with E-state index >= 15 is 0 Å². The van der Waals surface area contributed by atoms with Crippen molar-refractivity contribution in [3.63, 3.8) is 0 Å². The topological polar surface area (TPSA) is 67.2 Å². The molecule has 2 aromatic carbocycles. The monoisotopic (exact) mass is 444 g/mol. The van der Waals surface area contributed by atoms with Gasteiger partial charge in [0.25, 0.3) is 5.91 Å². The molecule has 1 N–H and O–H groups in total. The van der Waals surface area contributed by atoms with Gasteiger partial charge in [0.1, 0.15) is 5.82 Å². The number of carbonyl (C=O) groups is 2. The summed E-state index contributed by atoms with van der Waals surface area (Å²) in [6, 6.07) is 19.6. The van der Waals surface area contributed by atoms with E-state index < -0.39 is 0 Å². The molecule has 0 aliphatic carbocycles. The van der Waals surface area contributed by atoms with Crippen molar-refractivity contribution in [2.45, 2.75) is 12.8 Å². The van der Waals surface area contributed by atoms with Crippen LogP contribution in [-0.2, 0) is 11.8 Å². The fourth-order valence-corrected chi connectivity index (χ4v) is 4.94. The minimum atomic E-state index is -0.0816. The largest absolute Gasteiger partial charge is 0.338 e. The van der Waals surface area contributed by atoms with Crippen LogP contribution in [0.1, 0.15) is 22.5 Å². The number of aryl methyl sites for hydroxylation is 1. The third kappa shape index (κ3) is 3.91. The lowest BCUT2D eigenvalue weighted by molar-refractivity contribution is -0.121. The molecule has 0 atom stereocenters. The summed E-state index contributed by atoms with van der Waals surface area (Å²) in [4.78, 5) is 32.6. The first-order valence-corrected chi connectivity index (χ1v) is 11.6. The number of amides is 2. The number of nitrogens with zero attached hydrogens (tertiary/aromatic N) is 3. The normalized spacial score (nSPS) is 14.6. The van der Waals surface area contributed by atoms with Crippen LogP contribution in [0.3, 0.4) is 0 Å². The number of benzene rings is 2. The van der Waals surface area contributed by atoms with Gasteiger partial charge in [0.15, 0.2) is 0 Å². The average Bonchev–Trinajstić information content (AvgIpc) is 3.48. The van der Waals surface area contributed by atoms with E-state index in [0.717, 1.165) is 33.0 Å². The molecule has 0 unspecified atom stereocenters. The number of carbonyl (C=O) groups excluding carboxylic acids is 2. The summed E-state index contributed by atoms with van der Waals surface area (Å²) in [7, 11) is 2.01. The van der Waals surface area contributed by atoms with E-state index in [9.17, 15) is 9.59 Å². The second kappa shape index (κ2) is 8.59. The zero-order valence-electron chi connectivity index (χ0n) is 17.8. The molecule has 2 aromatic heterocycles. The molecule has 0 spiro atoms. The Bertz CT molecular complexity index is 1250. The molecule has 0 radical (unpaired) electrons. The van der Waals surface area contributed by atoms with E-state index in [1.807, 2.05) is 71.9 Å². The van der Waals surface area contributed by atoms with Crippen molar-refractivity contribution in [3.8, 4) is 11.4 Å². The van der Waals surface area contributed by atoms with Gasteiger partial charge in [-0.3, -0.25) is 9.59 Å². The van der Waals surface area contributed by atoms with Gasteiger partial charge in [0.2, 0.25) is 5.91 Å². The van der Waals surface area contributed by atoms with Gasteiger partial charge in [-0.15, -0.1) is 11.3 Å². The molecule has 32 heavy (non-hydrogen) atoms. The third-order valence-electron chi connectivity index (χ3n) is 6.08. The van der Waals surface area contributed by atoms with Gasteiger partial charge in [-0.25, -0.2) is 4.98 Å². The van der Waals surface area contributed by atoms with Crippen molar-refractivity contribution in [2.75, 3.05) is 18.4 Å². The molecule has 4 aromatic rings. The molecular formula is C25H24N4O2S. The molecule has 1 fully saturated rings. The number of thiophene rings is 1. The number of hydrogen-bond donors (Lipinski definition) is 1. The standard InChI is InChI=1S/C25H24N4O2S/c1-28-21-6-3-2-5-20(21)27-23(28)17-8-10-19(11-9-17)26-24(30)18-12-14-29(15-13-18)25(31)22-7-4-16-32-22/h2-11,16,18H,12-15H2,1H3,(H,26,30). The molecule has 3 heterocycles. The molecule has 2 amide bonds. The van der Waals surface area contributed by atoms with Gasteiger partial charge in [-0.2, -0.15) is 0 Å². The predicted molar refractivity (Wildman–Crippen MR) is 128 cm³/mol. The van der Waals surface area contributed by atoms with E-state index in [4.69, 9.17) is 4.98 Å². The number of aromatic nitrogens is 2. The average molecular weight is 445 g/mol. The summed E-state index contributed by atoms with van der Waals surface area (Å²) < 4.78 is 2.08. The fraction of sp³-hybridized carbons (Fsp3) is 0.240. The summed E-state index contributed by atoms with van der Waals surface area (Å²) in [6.45, 7) is 1.22. The summed E-state index contributed by atoms with van der Waals surface area (Å²) in [6.07, 6.45) is 1.36. The van der Waals surface area contributed by atoms with Gasteiger partial charge >= 0.3 is 0 Å². The molecule has 0 bridgehead atoms. The fourth-order valence-electron chi connectivity index (χ4n) is 4.25. The lowest BCUT2D eigenvalue weighted by Gasteiger charge is -2.31. The van der Waals surface area contributed by atoms with Crippen LogP contribution in [0.2, 0.25) is 0 Å². The summed E-state index contributed by atoms with van der Waals surface area (Å²) >= 11 is 1.46. The molecule has 5 rings (SSSR count). The first kappa shape index (κ1) is 20.5. The smallest absolute Gasteiger partial charge is 0.263 e. The number of hydrogen-bond acceptors (Lipinski definition) is 4. The van der Waals surface area contributed by atoms with Gasteiger partial charge in [-0.05, 0) is 60.7 Å². The highest BCUT2D eigenvalue weighted by atomic mass is 32.1. The number of likely N-dealkylation sites (tertiary alicyclic amines) is 1. The van der Waals surface area contributed by atoms with Gasteiger partial charge in [0.05, 0.1) is 15.9 Å². The van der Waals surface area contributed by atoms with Crippen LogP contribution < -0.4 is 5.32 Å². The van der Waals surface area contributed by atoms with Crippen molar-refractivity contribution in [2.24, 2.45) is 13.0 Å². The van der Waals surface area contributed by atoms with Crippen molar-refractivity contribution in [1.82, 2.24) is 14.5 Å². The zero-order chi connectivity index (χ0) is 22.1. The van der Waals surface area contributed by atoms with Crippen LogP contribution in [0.5, 0.6) is 0 Å². The number of imidazole rings is 1. The Kier molecular flexibility index (Phi) is 5.49. The molecule has 1 saturated heterocycles. The first-order valence-electron chi connectivity index (χ1n) is 10.8. The Hall–Kier alpha value is -3.45. The SMILES string of the molecule is Cn1c(-c2ccc(NC(=O)C3CCN(C(=O)c4cccs4)CC3)cc2)nc2ccccc21. The molecule has 1 aliphatic heterocycles. The molecule has 7 heteroatoms. The number of anilines is 1. The van der Waals surface area contributed by atoms with Crippen LogP contribution in [0.15, 0.2) is 66.0 Å². The predicted octanol–water partition coefficient (Wildman–Crippen LogP) is 4.79. The van der Waals surface area contributed by atoms with Crippen molar-refractivity contribution < 1.29 is 9.59 Å². The second-order valence-electron chi connectivity index (χ2n) is 8.09. The maximum Gasteiger partial charge on any atom is 0.263 e. The number of para-hydroxylation sites is 2. The minimum Gasteiger partial charge on any atom is -0.338 e. The number of rotatable bonds is 4. The third-order valence-corrected chi connectivity index (χ3v) is 6.94. The van der Waals surface area contributed by atoms with Crippen LogP contribution in [0.4, 0.5) is 5.69 Å². The maximum absolute atomic E-state index is 12.8. The van der Waals surface area contributed by atoms with Gasteiger partial charge in [-0.1, -0.05) is 18.2 Å². The first-order chi connectivity index (χ1) is 15.6. The molecule has 162 valence electrons. The van der Waals surface area contributed by atoms with Crippen LogP contribution >= 0.6 is 11.3 Å². The lowest BCUT2D eigenvalue weighted by Crippen LogP contribution is -2.41. The van der Waals surface area contributed by atoms with Crippen molar-refractivity contribution in [1.29, 1.82) is 0 Å². The maximum atomic E-state index is 12.8. The lowest BCUT2D eigenvalue weighted by atomic mass is 9.95.